The molecule has 1 rings (SSSR count). The fraction of sp³-hybridized carbons (Fsp3) is 0.667. The van der Waals surface area contributed by atoms with Crippen LogP contribution in [0.1, 0.15) is 33.6 Å². The van der Waals surface area contributed by atoms with E-state index in [1.165, 1.54) is 0 Å². The standard InChI is InChI=1S/C9H14O2/c1-4-9-7(3)8(10)5-6(2)11-9/h6H,4-5H2,1-3H3. The lowest BCUT2D eigenvalue weighted by Gasteiger charge is -2.23. The van der Waals surface area contributed by atoms with E-state index in [0.717, 1.165) is 17.8 Å². The van der Waals surface area contributed by atoms with Gasteiger partial charge in [0.05, 0.1) is 0 Å². The Morgan fingerprint density at radius 3 is 2.82 bits per heavy atom. The van der Waals surface area contributed by atoms with Gasteiger partial charge in [-0.25, -0.2) is 0 Å². The maximum Gasteiger partial charge on any atom is 0.165 e. The smallest absolute Gasteiger partial charge is 0.165 e. The van der Waals surface area contributed by atoms with Crippen molar-refractivity contribution in [1.82, 2.24) is 0 Å². The quantitative estimate of drug-likeness (QED) is 0.577. The summed E-state index contributed by atoms with van der Waals surface area (Å²) >= 11 is 0. The van der Waals surface area contributed by atoms with Crippen molar-refractivity contribution < 1.29 is 9.53 Å². The van der Waals surface area contributed by atoms with E-state index < -0.39 is 0 Å². The van der Waals surface area contributed by atoms with Crippen LogP contribution in [0, 0.1) is 0 Å². The van der Waals surface area contributed by atoms with Gasteiger partial charge in [0.15, 0.2) is 5.78 Å². The second kappa shape index (κ2) is 3.07. The highest BCUT2D eigenvalue weighted by atomic mass is 16.5. The van der Waals surface area contributed by atoms with Crippen LogP contribution in [0.25, 0.3) is 0 Å². The number of ketones is 1. The maximum atomic E-state index is 11.2. The van der Waals surface area contributed by atoms with Crippen molar-refractivity contribution in [2.45, 2.75) is 39.7 Å². The summed E-state index contributed by atoms with van der Waals surface area (Å²) in [5.41, 5.74) is 0.811. The van der Waals surface area contributed by atoms with Gasteiger partial charge in [-0.3, -0.25) is 4.79 Å². The monoisotopic (exact) mass is 154 g/mol. The highest BCUT2D eigenvalue weighted by molar-refractivity contribution is 5.96. The van der Waals surface area contributed by atoms with Gasteiger partial charge >= 0.3 is 0 Å². The van der Waals surface area contributed by atoms with E-state index in [-0.39, 0.29) is 11.9 Å². The Hall–Kier alpha value is -0.790. The lowest BCUT2D eigenvalue weighted by Crippen LogP contribution is -2.22. The van der Waals surface area contributed by atoms with E-state index in [1.54, 1.807) is 0 Å². The Kier molecular flexibility index (Phi) is 2.32. The second-order valence-electron chi connectivity index (χ2n) is 2.96. The number of ether oxygens (including phenoxy) is 1. The van der Waals surface area contributed by atoms with Gasteiger partial charge in [0.2, 0.25) is 0 Å². The molecule has 0 saturated heterocycles. The van der Waals surface area contributed by atoms with Gasteiger partial charge in [0.1, 0.15) is 11.9 Å². The van der Waals surface area contributed by atoms with Crippen molar-refractivity contribution in [2.75, 3.05) is 0 Å². The van der Waals surface area contributed by atoms with Crippen LogP contribution in [-0.4, -0.2) is 11.9 Å². The van der Waals surface area contributed by atoms with Crippen molar-refractivity contribution in [3.63, 3.8) is 0 Å². The number of hydrogen-bond acceptors (Lipinski definition) is 2. The lowest BCUT2D eigenvalue weighted by atomic mass is 10.0. The Bertz CT molecular complexity index is 204. The van der Waals surface area contributed by atoms with Gasteiger partial charge < -0.3 is 4.74 Å². The molecule has 62 valence electrons. The Morgan fingerprint density at radius 1 is 1.64 bits per heavy atom. The van der Waals surface area contributed by atoms with Crippen LogP contribution in [0.15, 0.2) is 11.3 Å². The van der Waals surface area contributed by atoms with Crippen LogP contribution >= 0.6 is 0 Å². The predicted octanol–water partition coefficient (Wildman–Crippen LogP) is 2.05. The summed E-state index contributed by atoms with van der Waals surface area (Å²) in [5, 5.41) is 0. The minimum atomic E-state index is 0.0705. The Labute approximate surface area is 67.2 Å². The summed E-state index contributed by atoms with van der Waals surface area (Å²) in [5.74, 6) is 1.11. The van der Waals surface area contributed by atoms with E-state index in [0.29, 0.717) is 6.42 Å². The van der Waals surface area contributed by atoms with E-state index >= 15 is 0 Å². The highest BCUT2D eigenvalue weighted by Crippen LogP contribution is 2.22. The predicted molar refractivity (Wildman–Crippen MR) is 43.2 cm³/mol. The average molecular weight is 154 g/mol. The van der Waals surface area contributed by atoms with Gasteiger partial charge in [0, 0.05) is 18.4 Å². The first-order valence-electron chi connectivity index (χ1n) is 4.04. The molecule has 2 heteroatoms. The SMILES string of the molecule is CCC1=C(C)C(=O)CC(C)O1. The molecule has 0 aromatic carbocycles. The highest BCUT2D eigenvalue weighted by Gasteiger charge is 2.21. The summed E-state index contributed by atoms with van der Waals surface area (Å²) in [4.78, 5) is 11.2. The zero-order valence-electron chi connectivity index (χ0n) is 7.31. The third kappa shape index (κ3) is 1.62. The number of carbonyl (C=O) groups excluding carboxylic acids is 1. The van der Waals surface area contributed by atoms with Crippen LogP contribution in [-0.2, 0) is 9.53 Å². The molecule has 0 radical (unpaired) electrons. The van der Waals surface area contributed by atoms with Crippen molar-refractivity contribution in [3.05, 3.63) is 11.3 Å². The Morgan fingerprint density at radius 2 is 2.27 bits per heavy atom. The van der Waals surface area contributed by atoms with E-state index in [2.05, 4.69) is 0 Å². The minimum absolute atomic E-state index is 0.0705. The molecule has 0 saturated carbocycles. The lowest BCUT2D eigenvalue weighted by molar-refractivity contribution is -0.119. The normalized spacial score (nSPS) is 25.4. The molecular weight excluding hydrogens is 140 g/mol. The molecule has 1 unspecified atom stereocenters. The number of rotatable bonds is 1. The van der Waals surface area contributed by atoms with Crippen LogP contribution in [0.5, 0.6) is 0 Å². The molecule has 1 atom stereocenters. The zero-order chi connectivity index (χ0) is 8.43. The maximum absolute atomic E-state index is 11.2. The molecule has 1 aliphatic rings. The van der Waals surface area contributed by atoms with Crippen molar-refractivity contribution in [2.24, 2.45) is 0 Å². The molecule has 11 heavy (non-hydrogen) atoms. The first-order valence-corrected chi connectivity index (χ1v) is 4.04. The molecule has 0 amide bonds. The molecule has 0 aromatic heterocycles. The molecular formula is C9H14O2. The van der Waals surface area contributed by atoms with E-state index in [9.17, 15) is 4.79 Å². The average Bonchev–Trinajstić information content (AvgIpc) is 1.96. The third-order valence-electron chi connectivity index (χ3n) is 1.97. The summed E-state index contributed by atoms with van der Waals surface area (Å²) < 4.78 is 5.48. The second-order valence-corrected chi connectivity index (χ2v) is 2.96. The minimum Gasteiger partial charge on any atom is -0.494 e. The van der Waals surface area contributed by atoms with Gasteiger partial charge in [-0.15, -0.1) is 0 Å². The van der Waals surface area contributed by atoms with Crippen LogP contribution in [0.3, 0.4) is 0 Å². The van der Waals surface area contributed by atoms with E-state index in [1.807, 2.05) is 20.8 Å². The number of Topliss-reactive ketones (excluding diaryl/α,β-unsaturated/α-hetero) is 1. The summed E-state index contributed by atoms with van der Waals surface area (Å²) in [7, 11) is 0. The van der Waals surface area contributed by atoms with Crippen LogP contribution in [0.2, 0.25) is 0 Å². The molecule has 2 nitrogen and oxygen atoms in total. The van der Waals surface area contributed by atoms with Gasteiger partial charge in [-0.05, 0) is 13.8 Å². The number of hydrogen-bond donors (Lipinski definition) is 0. The summed E-state index contributed by atoms with van der Waals surface area (Å²) in [6, 6.07) is 0. The van der Waals surface area contributed by atoms with E-state index in [4.69, 9.17) is 4.74 Å². The van der Waals surface area contributed by atoms with Crippen molar-refractivity contribution in [3.8, 4) is 0 Å². The first-order chi connectivity index (χ1) is 5.15. The topological polar surface area (TPSA) is 26.3 Å². The molecule has 0 aliphatic carbocycles. The van der Waals surface area contributed by atoms with Crippen LogP contribution < -0.4 is 0 Å². The van der Waals surface area contributed by atoms with Gasteiger partial charge in [-0.2, -0.15) is 0 Å². The Balaban J connectivity index is 2.85. The summed E-state index contributed by atoms with van der Waals surface area (Å²) in [6.45, 7) is 5.78. The van der Waals surface area contributed by atoms with Crippen molar-refractivity contribution >= 4 is 5.78 Å². The largest absolute Gasteiger partial charge is 0.494 e. The molecule has 1 heterocycles. The molecule has 0 bridgehead atoms. The molecule has 0 N–H and O–H groups in total. The first kappa shape index (κ1) is 8.31. The fourth-order valence-corrected chi connectivity index (χ4v) is 1.29. The van der Waals surface area contributed by atoms with Crippen LogP contribution in [0.4, 0.5) is 0 Å². The fourth-order valence-electron chi connectivity index (χ4n) is 1.29. The molecule has 0 spiro atoms. The summed E-state index contributed by atoms with van der Waals surface area (Å²) in [6.07, 6.45) is 1.43. The molecule has 0 fully saturated rings. The zero-order valence-corrected chi connectivity index (χ0v) is 7.31. The van der Waals surface area contributed by atoms with Gasteiger partial charge in [-0.1, -0.05) is 6.92 Å². The molecule has 0 aromatic rings. The number of allylic oxidation sites excluding steroid dienone is 2. The number of carbonyl (C=O) groups is 1. The molecule has 1 aliphatic heterocycles. The third-order valence-corrected chi connectivity index (χ3v) is 1.97. The van der Waals surface area contributed by atoms with Gasteiger partial charge in [0.25, 0.3) is 0 Å². The van der Waals surface area contributed by atoms with Crippen molar-refractivity contribution in [1.29, 1.82) is 0 Å².